The molecule has 0 spiro atoms. The first-order valence-electron chi connectivity index (χ1n) is 6.74. The summed E-state index contributed by atoms with van der Waals surface area (Å²) in [7, 11) is 1.54. The molecule has 0 heterocycles. The number of carbonyl (C=O) groups excluding carboxylic acids is 1. The molecule has 1 amide bonds. The van der Waals surface area contributed by atoms with Crippen molar-refractivity contribution >= 4 is 17.8 Å². The van der Waals surface area contributed by atoms with Crippen molar-refractivity contribution in [2.45, 2.75) is 6.92 Å². The minimum absolute atomic E-state index is 0.105. The number of aryl methyl sites for hydroxylation is 1. The molecular weight excluding hydrogens is 298 g/mol. The number of rotatable bonds is 5. The molecule has 118 valence electrons. The molecule has 0 radical (unpaired) electrons. The number of carbonyl (C=O) groups is 1. The number of para-hydroxylation sites is 1. The summed E-state index contributed by atoms with van der Waals surface area (Å²) < 4.78 is 5.16. The highest BCUT2D eigenvalue weighted by molar-refractivity contribution is 5.95. The number of nitro groups is 1. The van der Waals surface area contributed by atoms with Crippen LogP contribution in [0, 0.1) is 17.0 Å². The number of nitrogens with zero attached hydrogens (tertiary/aromatic N) is 2. The lowest BCUT2D eigenvalue weighted by atomic mass is 10.1. The van der Waals surface area contributed by atoms with Gasteiger partial charge in [0.1, 0.15) is 5.75 Å². The van der Waals surface area contributed by atoms with Crippen LogP contribution in [0.2, 0.25) is 0 Å². The van der Waals surface area contributed by atoms with Gasteiger partial charge < -0.3 is 4.74 Å². The van der Waals surface area contributed by atoms with Crippen LogP contribution < -0.4 is 10.2 Å². The van der Waals surface area contributed by atoms with E-state index in [1.54, 1.807) is 19.1 Å². The number of hydrogen-bond donors (Lipinski definition) is 1. The van der Waals surface area contributed by atoms with Crippen LogP contribution in [0.3, 0.4) is 0 Å². The molecule has 0 aliphatic rings. The lowest BCUT2D eigenvalue weighted by molar-refractivity contribution is -0.385. The molecule has 0 aliphatic heterocycles. The zero-order valence-corrected chi connectivity index (χ0v) is 12.6. The Balaban J connectivity index is 2.12. The first-order valence-corrected chi connectivity index (χ1v) is 6.74. The number of methoxy groups -OCH3 is 1. The Morgan fingerprint density at radius 2 is 2.04 bits per heavy atom. The summed E-state index contributed by atoms with van der Waals surface area (Å²) in [6.45, 7) is 1.61. The topological polar surface area (TPSA) is 93.8 Å². The van der Waals surface area contributed by atoms with Crippen molar-refractivity contribution in [2.75, 3.05) is 7.11 Å². The highest BCUT2D eigenvalue weighted by atomic mass is 16.6. The number of ether oxygens (including phenoxy) is 1. The SMILES string of the molecule is COc1ccccc1/C=N/NC(=O)c1ccc(C)c([N+](=O)[O-])c1. The van der Waals surface area contributed by atoms with Gasteiger partial charge in [0.25, 0.3) is 11.6 Å². The molecule has 0 saturated heterocycles. The minimum Gasteiger partial charge on any atom is -0.496 e. The van der Waals surface area contributed by atoms with Crippen molar-refractivity contribution in [3.8, 4) is 5.75 Å². The molecule has 2 rings (SSSR count). The molecule has 1 N–H and O–H groups in total. The first kappa shape index (κ1) is 16.2. The van der Waals surface area contributed by atoms with E-state index in [1.807, 2.05) is 12.1 Å². The number of nitrogens with one attached hydrogen (secondary N) is 1. The van der Waals surface area contributed by atoms with Gasteiger partial charge in [-0.2, -0.15) is 5.10 Å². The number of amides is 1. The highest BCUT2D eigenvalue weighted by Crippen LogP contribution is 2.19. The Bertz CT molecular complexity index is 772. The van der Waals surface area contributed by atoms with Gasteiger partial charge in [0.2, 0.25) is 0 Å². The summed E-state index contributed by atoms with van der Waals surface area (Å²) in [5.41, 5.74) is 3.59. The maximum absolute atomic E-state index is 12.0. The third-order valence-electron chi connectivity index (χ3n) is 3.18. The summed E-state index contributed by atoms with van der Waals surface area (Å²) in [5, 5.41) is 14.7. The molecule has 0 aliphatic carbocycles. The van der Waals surface area contributed by atoms with E-state index in [0.29, 0.717) is 16.9 Å². The first-order chi connectivity index (χ1) is 11.0. The van der Waals surface area contributed by atoms with Crippen LogP contribution in [0.4, 0.5) is 5.69 Å². The van der Waals surface area contributed by atoms with Crippen molar-refractivity contribution < 1.29 is 14.5 Å². The van der Waals surface area contributed by atoms with Crippen LogP contribution in [0.15, 0.2) is 47.6 Å². The Morgan fingerprint density at radius 3 is 2.74 bits per heavy atom. The average molecular weight is 313 g/mol. The highest BCUT2D eigenvalue weighted by Gasteiger charge is 2.14. The number of hydrazone groups is 1. The molecule has 0 fully saturated rings. The molecule has 7 heteroatoms. The Kier molecular flexibility index (Phi) is 5.03. The second kappa shape index (κ2) is 7.17. The van der Waals surface area contributed by atoms with E-state index in [1.165, 1.54) is 31.5 Å². The zero-order chi connectivity index (χ0) is 16.8. The predicted molar refractivity (Wildman–Crippen MR) is 85.9 cm³/mol. The van der Waals surface area contributed by atoms with E-state index in [4.69, 9.17) is 4.74 Å². The number of benzene rings is 2. The second-order valence-corrected chi connectivity index (χ2v) is 4.70. The van der Waals surface area contributed by atoms with Crippen LogP contribution in [0.25, 0.3) is 0 Å². The summed E-state index contributed by atoms with van der Waals surface area (Å²) in [6.07, 6.45) is 1.44. The van der Waals surface area contributed by atoms with Crippen LogP contribution >= 0.6 is 0 Å². The van der Waals surface area contributed by atoms with E-state index in [0.717, 1.165) is 0 Å². The fourth-order valence-electron chi connectivity index (χ4n) is 1.95. The second-order valence-electron chi connectivity index (χ2n) is 4.70. The van der Waals surface area contributed by atoms with Gasteiger partial charge in [-0.1, -0.05) is 18.2 Å². The van der Waals surface area contributed by atoms with Crippen molar-refractivity contribution in [3.63, 3.8) is 0 Å². The fraction of sp³-hybridized carbons (Fsp3) is 0.125. The quantitative estimate of drug-likeness (QED) is 0.521. The molecule has 23 heavy (non-hydrogen) atoms. The van der Waals surface area contributed by atoms with E-state index in [2.05, 4.69) is 10.5 Å². The van der Waals surface area contributed by atoms with Crippen molar-refractivity contribution in [3.05, 3.63) is 69.3 Å². The monoisotopic (exact) mass is 313 g/mol. The molecule has 0 saturated carbocycles. The lowest BCUT2D eigenvalue weighted by Gasteiger charge is -2.04. The van der Waals surface area contributed by atoms with Crippen molar-refractivity contribution in [1.29, 1.82) is 0 Å². The van der Waals surface area contributed by atoms with Crippen LogP contribution in [-0.2, 0) is 0 Å². The molecule has 0 aromatic heterocycles. The maximum atomic E-state index is 12.0. The molecule has 0 bridgehead atoms. The molecule has 7 nitrogen and oxygen atoms in total. The van der Waals surface area contributed by atoms with Gasteiger partial charge >= 0.3 is 0 Å². The summed E-state index contributed by atoms with van der Waals surface area (Å²) in [6, 6.07) is 11.4. The molecular formula is C16H15N3O4. The molecule has 0 unspecified atom stereocenters. The largest absolute Gasteiger partial charge is 0.496 e. The summed E-state index contributed by atoms with van der Waals surface area (Å²) in [5.74, 6) is 0.0933. The third-order valence-corrected chi connectivity index (χ3v) is 3.18. The normalized spacial score (nSPS) is 10.5. The van der Waals surface area contributed by atoms with Gasteiger partial charge in [-0.3, -0.25) is 14.9 Å². The van der Waals surface area contributed by atoms with E-state index in [-0.39, 0.29) is 11.3 Å². The molecule has 2 aromatic carbocycles. The van der Waals surface area contributed by atoms with Crippen molar-refractivity contribution in [1.82, 2.24) is 5.43 Å². The van der Waals surface area contributed by atoms with E-state index in [9.17, 15) is 14.9 Å². The fourth-order valence-corrected chi connectivity index (χ4v) is 1.95. The van der Waals surface area contributed by atoms with Gasteiger partial charge in [0.05, 0.1) is 18.2 Å². The number of hydrogen-bond acceptors (Lipinski definition) is 5. The lowest BCUT2D eigenvalue weighted by Crippen LogP contribution is -2.17. The Morgan fingerprint density at radius 1 is 1.30 bits per heavy atom. The minimum atomic E-state index is -0.528. The van der Waals surface area contributed by atoms with Crippen LogP contribution in [0.5, 0.6) is 5.75 Å². The zero-order valence-electron chi connectivity index (χ0n) is 12.6. The summed E-state index contributed by atoms with van der Waals surface area (Å²) in [4.78, 5) is 22.4. The van der Waals surface area contributed by atoms with E-state index >= 15 is 0 Å². The van der Waals surface area contributed by atoms with Gasteiger partial charge in [-0.25, -0.2) is 5.43 Å². The van der Waals surface area contributed by atoms with Gasteiger partial charge in [0.15, 0.2) is 0 Å². The summed E-state index contributed by atoms with van der Waals surface area (Å²) >= 11 is 0. The van der Waals surface area contributed by atoms with Crippen LogP contribution in [0.1, 0.15) is 21.5 Å². The maximum Gasteiger partial charge on any atom is 0.273 e. The standard InChI is InChI=1S/C16H15N3O4/c1-11-7-8-12(9-14(11)19(21)22)16(20)18-17-10-13-5-3-4-6-15(13)23-2/h3-10H,1-2H3,(H,18,20)/b17-10+. The number of nitro benzene ring substituents is 1. The van der Waals surface area contributed by atoms with Gasteiger partial charge in [-0.05, 0) is 25.1 Å². The van der Waals surface area contributed by atoms with Gasteiger partial charge in [0, 0.05) is 22.8 Å². The van der Waals surface area contributed by atoms with E-state index < -0.39 is 10.8 Å². The van der Waals surface area contributed by atoms with Crippen molar-refractivity contribution in [2.24, 2.45) is 5.10 Å². The molecule has 0 atom stereocenters. The van der Waals surface area contributed by atoms with Crippen LogP contribution in [-0.4, -0.2) is 24.2 Å². The Labute approximate surface area is 132 Å². The smallest absolute Gasteiger partial charge is 0.273 e. The molecule has 2 aromatic rings. The van der Waals surface area contributed by atoms with Gasteiger partial charge in [-0.15, -0.1) is 0 Å². The third kappa shape index (κ3) is 3.91. The average Bonchev–Trinajstić information content (AvgIpc) is 2.55. The Hall–Kier alpha value is -3.22. The predicted octanol–water partition coefficient (Wildman–Crippen LogP) is 2.68.